The van der Waals surface area contributed by atoms with Gasteiger partial charge in [0, 0.05) is 33.4 Å². The minimum Gasteiger partial charge on any atom is -0.426 e. The molecule has 390 valence electrons. The summed E-state index contributed by atoms with van der Waals surface area (Å²) in [6.45, 7) is 42.6. The van der Waals surface area contributed by atoms with E-state index >= 15 is 0 Å². The van der Waals surface area contributed by atoms with E-state index in [0.29, 0.717) is 28.6 Å². The van der Waals surface area contributed by atoms with Gasteiger partial charge in [-0.25, -0.2) is 4.57 Å². The van der Waals surface area contributed by atoms with E-state index in [1.165, 1.54) is 0 Å². The number of aryl methyl sites for hydroxylation is 2. The smallest absolute Gasteiger partial charge is 0.426 e. The highest BCUT2D eigenvalue weighted by atomic mass is 31.2. The molecule has 2 saturated heterocycles. The van der Waals surface area contributed by atoms with Gasteiger partial charge >= 0.3 is 28.4 Å². The van der Waals surface area contributed by atoms with Gasteiger partial charge in [0.05, 0.1) is 31.8 Å². The van der Waals surface area contributed by atoms with Crippen molar-refractivity contribution in [3.63, 3.8) is 0 Å². The Labute approximate surface area is 430 Å². The fourth-order valence-corrected chi connectivity index (χ4v) is 12.7. The minimum absolute atomic E-state index is 0.000136. The molecule has 13 heteroatoms. The van der Waals surface area contributed by atoms with Gasteiger partial charge in [0.25, 0.3) is 0 Å². The van der Waals surface area contributed by atoms with Crippen LogP contribution >= 0.6 is 16.4 Å². The van der Waals surface area contributed by atoms with Crippen molar-refractivity contribution in [1.29, 1.82) is 0 Å². The number of benzene rings is 4. The highest BCUT2D eigenvalue weighted by molar-refractivity contribution is 7.49. The predicted octanol–water partition coefficient (Wildman–Crippen LogP) is 15.1. The number of rotatable bonds is 6. The van der Waals surface area contributed by atoms with Gasteiger partial charge in [-0.1, -0.05) is 173 Å². The number of carbonyl (C=O) groups excluding carboxylic acids is 2. The number of ether oxygens (including phenoxy) is 2. The molecular weight excluding hydrogens is 947 g/mol. The Kier molecular flexibility index (Phi) is 13.6. The molecule has 2 unspecified atom stereocenters. The molecule has 0 bridgehead atoms. The molecule has 0 radical (unpaired) electrons. The normalized spacial score (nSPS) is 24.0. The van der Waals surface area contributed by atoms with Gasteiger partial charge in [0.2, 0.25) is 0 Å². The zero-order valence-corrected chi connectivity index (χ0v) is 48.3. The van der Waals surface area contributed by atoms with Gasteiger partial charge in [0.15, 0.2) is 0 Å². The summed E-state index contributed by atoms with van der Waals surface area (Å²) in [7, 11) is -5.98. The third-order valence-electron chi connectivity index (χ3n) is 14.3. The average molecular weight is 1030 g/mol. The van der Waals surface area contributed by atoms with Crippen LogP contribution in [0.3, 0.4) is 0 Å². The fraction of sp³-hybridized carbons (Fsp3) is 0.559. The molecule has 0 amide bonds. The molecule has 4 aliphatic rings. The highest BCUT2D eigenvalue weighted by Gasteiger charge is 2.50. The van der Waals surface area contributed by atoms with Crippen LogP contribution in [0.1, 0.15) is 203 Å². The molecule has 8 rings (SSSR count). The Morgan fingerprint density at radius 3 is 1.25 bits per heavy atom. The van der Waals surface area contributed by atoms with Crippen LogP contribution in [0.4, 0.5) is 0 Å². The van der Waals surface area contributed by atoms with Crippen LogP contribution in [-0.2, 0) is 64.7 Å². The molecule has 1 spiro atoms. The summed E-state index contributed by atoms with van der Waals surface area (Å²) in [5.74, 6) is 0.441. The van der Waals surface area contributed by atoms with Crippen LogP contribution in [0, 0.1) is 19.3 Å². The lowest BCUT2D eigenvalue weighted by Gasteiger charge is -2.42. The second-order valence-electron chi connectivity index (χ2n) is 27.0. The Hall–Kier alpha value is -4.08. The van der Waals surface area contributed by atoms with Crippen molar-refractivity contribution in [2.75, 3.05) is 26.4 Å². The van der Waals surface area contributed by atoms with E-state index < -0.39 is 39.1 Å². The molecule has 2 fully saturated rings. The Balaban J connectivity index is 0.991. The van der Waals surface area contributed by atoms with Crippen molar-refractivity contribution < 1.29 is 50.8 Å². The molecule has 4 aromatic rings. The van der Waals surface area contributed by atoms with Crippen molar-refractivity contribution >= 4 is 28.4 Å². The number of fused-ring (bicyclic) bond motifs is 2. The maximum atomic E-state index is 14.4. The number of esters is 2. The quantitative estimate of drug-likeness (QED) is 0.104. The third-order valence-corrected chi connectivity index (χ3v) is 16.6. The molecule has 72 heavy (non-hydrogen) atoms. The summed E-state index contributed by atoms with van der Waals surface area (Å²) in [5, 5.41) is 0. The summed E-state index contributed by atoms with van der Waals surface area (Å²) in [5.41, 5.74) is 8.41. The van der Waals surface area contributed by atoms with Crippen LogP contribution in [0.15, 0.2) is 48.5 Å². The molecule has 0 aromatic heterocycles. The Morgan fingerprint density at radius 2 is 0.875 bits per heavy atom. The van der Waals surface area contributed by atoms with Crippen molar-refractivity contribution in [1.82, 2.24) is 0 Å². The molecule has 4 aliphatic heterocycles. The average Bonchev–Trinajstić information content (AvgIpc) is 3.76. The zero-order valence-electron chi connectivity index (χ0n) is 46.5. The first kappa shape index (κ1) is 54.2. The Bertz CT molecular complexity index is 2870. The van der Waals surface area contributed by atoms with Crippen molar-refractivity contribution in [3.05, 3.63) is 115 Å². The first-order valence-electron chi connectivity index (χ1n) is 25.3. The lowest BCUT2D eigenvalue weighted by atomic mass is 9.76. The van der Waals surface area contributed by atoms with Crippen molar-refractivity contribution in [3.8, 4) is 23.0 Å². The summed E-state index contributed by atoms with van der Waals surface area (Å²) in [6, 6.07) is 16.6. The van der Waals surface area contributed by atoms with Crippen LogP contribution < -0.4 is 18.5 Å². The number of hydrogen-bond acceptors (Lipinski definition) is 11. The van der Waals surface area contributed by atoms with Gasteiger partial charge in [-0.3, -0.25) is 18.6 Å². The van der Waals surface area contributed by atoms with Crippen LogP contribution in [0.2, 0.25) is 0 Å². The zero-order chi connectivity index (χ0) is 53.3. The van der Waals surface area contributed by atoms with E-state index in [4.69, 9.17) is 36.6 Å². The fourth-order valence-electron chi connectivity index (χ4n) is 9.86. The summed E-state index contributed by atoms with van der Waals surface area (Å²) >= 11 is 0. The second-order valence-corrected chi connectivity index (χ2v) is 29.7. The largest absolute Gasteiger partial charge is 0.530 e. The maximum Gasteiger partial charge on any atom is 0.530 e. The molecule has 4 heterocycles. The SMILES string of the molecule is Cc1cc(C2C(=O)Oc3c2cc(C(C)(C)C)cc3C(C)(C)C)cc(C(C)(C)C)c1OP1OCC2(CO1)COP(=O)(Oc1c(C)cc(C3C(=O)Oc4c3cc(C(C)(C)C)cc4C(C)(C)C)cc1C(C)(C)C)OC2. The predicted molar refractivity (Wildman–Crippen MR) is 284 cm³/mol. The van der Waals surface area contributed by atoms with E-state index in [1.54, 1.807) is 0 Å². The number of hydrogen-bond donors (Lipinski definition) is 0. The van der Waals surface area contributed by atoms with Crippen LogP contribution in [-0.4, -0.2) is 38.4 Å². The van der Waals surface area contributed by atoms with Gasteiger partial charge in [-0.15, -0.1) is 0 Å². The minimum atomic E-state index is -4.13. The van der Waals surface area contributed by atoms with Gasteiger partial charge in [-0.05, 0) is 79.7 Å². The van der Waals surface area contributed by atoms with E-state index in [1.807, 2.05) is 32.0 Å². The lowest BCUT2D eigenvalue weighted by Crippen LogP contribution is -2.45. The van der Waals surface area contributed by atoms with E-state index in [-0.39, 0.29) is 65.4 Å². The molecule has 2 atom stereocenters. The van der Waals surface area contributed by atoms with Gasteiger partial charge in [-0.2, -0.15) is 0 Å². The molecular formula is C59H78O11P2. The lowest BCUT2D eigenvalue weighted by molar-refractivity contribution is -0.134. The standard InChI is InChI=1S/C59H78O11P2/c1-33-21-35(45-39-25-37(53(3,4)5)27-43(57(15,16)17)49(39)67-51(45)60)23-41(55(9,10)11)47(33)69-71-63-29-59(30-64-71)31-65-72(62,66-32-59)70-48-34(2)22-36(24-42(48)56(12,13)14)46-40-26-38(54(6,7)8)28-44(58(18,19)20)50(40)68-52(46)61/h21-28,45-46H,29-32H2,1-20H3. The summed E-state index contributed by atoms with van der Waals surface area (Å²) < 4.78 is 64.4. The first-order valence-corrected chi connectivity index (χ1v) is 27.9. The second kappa shape index (κ2) is 18.1. The molecule has 4 aromatic carbocycles. The topological polar surface area (TPSA) is 125 Å². The monoisotopic (exact) mass is 1020 g/mol. The van der Waals surface area contributed by atoms with E-state index in [0.717, 1.165) is 61.2 Å². The molecule has 0 N–H and O–H groups in total. The molecule has 0 saturated carbocycles. The van der Waals surface area contributed by atoms with Crippen LogP contribution in [0.25, 0.3) is 0 Å². The maximum absolute atomic E-state index is 14.4. The highest BCUT2D eigenvalue weighted by Crippen LogP contribution is 2.60. The van der Waals surface area contributed by atoms with E-state index in [2.05, 4.69) is 155 Å². The summed E-state index contributed by atoms with van der Waals surface area (Å²) in [6.07, 6.45) is 0. The van der Waals surface area contributed by atoms with Gasteiger partial charge in [0.1, 0.15) is 34.8 Å². The summed E-state index contributed by atoms with van der Waals surface area (Å²) in [4.78, 5) is 27.8. The number of carbonyl (C=O) groups is 2. The number of phosphoric ester groups is 1. The molecule has 0 aliphatic carbocycles. The van der Waals surface area contributed by atoms with Crippen molar-refractivity contribution in [2.45, 2.75) is 183 Å². The molecule has 11 nitrogen and oxygen atoms in total. The van der Waals surface area contributed by atoms with Crippen LogP contribution in [0.5, 0.6) is 23.0 Å². The Morgan fingerprint density at radius 1 is 0.500 bits per heavy atom. The number of phosphoric acid groups is 1. The van der Waals surface area contributed by atoms with Gasteiger partial charge < -0.3 is 27.6 Å². The third kappa shape index (κ3) is 10.5. The van der Waals surface area contributed by atoms with Crippen molar-refractivity contribution in [2.24, 2.45) is 5.41 Å². The first-order chi connectivity index (χ1) is 32.9. The van der Waals surface area contributed by atoms with E-state index in [9.17, 15) is 14.2 Å².